The maximum Gasteiger partial charge on any atom is 0.133 e. The summed E-state index contributed by atoms with van der Waals surface area (Å²) in [5, 5.41) is 0. The second-order valence-electron chi connectivity index (χ2n) is 5.04. The molecule has 0 amide bonds. The van der Waals surface area contributed by atoms with Gasteiger partial charge in [0.15, 0.2) is 0 Å². The molecule has 0 saturated carbocycles. The van der Waals surface area contributed by atoms with E-state index in [1.807, 2.05) is 6.92 Å². The predicted molar refractivity (Wildman–Crippen MR) is 71.2 cm³/mol. The third-order valence-electron chi connectivity index (χ3n) is 3.55. The van der Waals surface area contributed by atoms with Crippen molar-refractivity contribution in [3.8, 4) is 0 Å². The molecule has 1 nitrogen and oxygen atoms in total. The Morgan fingerprint density at radius 3 is 2.16 bits per heavy atom. The molecule has 0 heterocycles. The lowest BCUT2D eigenvalue weighted by Gasteiger charge is -2.20. The number of hydrogen-bond donors (Lipinski definition) is 1. The minimum atomic E-state index is -0.913. The highest BCUT2D eigenvalue weighted by Crippen LogP contribution is 2.28. The standard InChI is InChI=1S/C15H22F3N/c1-3-5-6-10(4-2)7-14(19)15-12(17)8-11(16)9-13(15)18/h8-10,14H,3-7,19H2,1-2H3. The Balaban J connectivity index is 2.79. The molecule has 108 valence electrons. The van der Waals surface area contributed by atoms with E-state index in [9.17, 15) is 13.2 Å². The van der Waals surface area contributed by atoms with Crippen LogP contribution in [-0.4, -0.2) is 0 Å². The average molecular weight is 273 g/mol. The van der Waals surface area contributed by atoms with Crippen LogP contribution in [0.5, 0.6) is 0 Å². The minimum Gasteiger partial charge on any atom is -0.324 e. The molecule has 1 aromatic rings. The lowest BCUT2D eigenvalue weighted by molar-refractivity contribution is 0.375. The van der Waals surface area contributed by atoms with Crippen LogP contribution in [0.1, 0.15) is 57.6 Å². The average Bonchev–Trinajstić information content (AvgIpc) is 2.33. The molecule has 0 saturated heterocycles. The summed E-state index contributed by atoms with van der Waals surface area (Å²) in [5.74, 6) is -2.35. The molecule has 0 bridgehead atoms. The van der Waals surface area contributed by atoms with Crippen LogP contribution in [-0.2, 0) is 0 Å². The molecular weight excluding hydrogens is 251 g/mol. The monoisotopic (exact) mass is 273 g/mol. The van der Waals surface area contributed by atoms with Crippen molar-refractivity contribution in [3.05, 3.63) is 35.1 Å². The fraction of sp³-hybridized carbons (Fsp3) is 0.600. The summed E-state index contributed by atoms with van der Waals surface area (Å²) in [6.07, 6.45) is 4.63. The van der Waals surface area contributed by atoms with Crippen LogP contribution >= 0.6 is 0 Å². The van der Waals surface area contributed by atoms with Gasteiger partial charge >= 0.3 is 0 Å². The number of hydrogen-bond acceptors (Lipinski definition) is 1. The summed E-state index contributed by atoms with van der Waals surface area (Å²) in [7, 11) is 0. The summed E-state index contributed by atoms with van der Waals surface area (Å²) >= 11 is 0. The molecule has 0 spiro atoms. The molecule has 0 aliphatic carbocycles. The van der Waals surface area contributed by atoms with E-state index in [0.29, 0.717) is 24.5 Å². The van der Waals surface area contributed by atoms with Gasteiger partial charge in [0.05, 0.1) is 0 Å². The van der Waals surface area contributed by atoms with Crippen molar-refractivity contribution in [2.24, 2.45) is 11.7 Å². The zero-order valence-corrected chi connectivity index (χ0v) is 11.6. The summed E-state index contributed by atoms with van der Waals surface area (Å²) < 4.78 is 40.1. The number of nitrogens with two attached hydrogens (primary N) is 1. The number of unbranched alkanes of at least 4 members (excludes halogenated alkanes) is 1. The first-order valence-corrected chi connectivity index (χ1v) is 6.89. The predicted octanol–water partition coefficient (Wildman–Crippen LogP) is 4.71. The normalized spacial score (nSPS) is 14.4. The highest BCUT2D eigenvalue weighted by atomic mass is 19.1. The van der Waals surface area contributed by atoms with Crippen molar-refractivity contribution in [2.45, 2.75) is 52.0 Å². The first kappa shape index (κ1) is 16.0. The van der Waals surface area contributed by atoms with Gasteiger partial charge in [-0.25, -0.2) is 13.2 Å². The zero-order valence-electron chi connectivity index (χ0n) is 11.6. The van der Waals surface area contributed by atoms with Crippen LogP contribution in [0.3, 0.4) is 0 Å². The van der Waals surface area contributed by atoms with Gasteiger partial charge in [0.2, 0.25) is 0 Å². The second-order valence-corrected chi connectivity index (χ2v) is 5.04. The Kier molecular flexibility index (Phi) is 6.35. The third-order valence-corrected chi connectivity index (χ3v) is 3.55. The largest absolute Gasteiger partial charge is 0.324 e. The summed E-state index contributed by atoms with van der Waals surface area (Å²) in [4.78, 5) is 0. The SMILES string of the molecule is CCCCC(CC)CC(N)c1c(F)cc(F)cc1F. The molecule has 0 aromatic heterocycles. The van der Waals surface area contributed by atoms with E-state index in [0.717, 1.165) is 25.7 Å². The fourth-order valence-corrected chi connectivity index (χ4v) is 2.37. The lowest BCUT2D eigenvalue weighted by atomic mass is 9.89. The smallest absolute Gasteiger partial charge is 0.133 e. The van der Waals surface area contributed by atoms with E-state index < -0.39 is 23.5 Å². The summed E-state index contributed by atoms with van der Waals surface area (Å²) in [6, 6.07) is 0.652. The summed E-state index contributed by atoms with van der Waals surface area (Å²) in [6.45, 7) is 4.15. The van der Waals surface area contributed by atoms with E-state index >= 15 is 0 Å². The van der Waals surface area contributed by atoms with Gasteiger partial charge in [-0.05, 0) is 12.3 Å². The molecule has 19 heavy (non-hydrogen) atoms. The fourth-order valence-electron chi connectivity index (χ4n) is 2.37. The Morgan fingerprint density at radius 2 is 1.68 bits per heavy atom. The molecule has 0 aliphatic heterocycles. The highest BCUT2D eigenvalue weighted by molar-refractivity contribution is 5.24. The van der Waals surface area contributed by atoms with Gasteiger partial charge in [0.1, 0.15) is 17.5 Å². The lowest BCUT2D eigenvalue weighted by Crippen LogP contribution is -2.18. The van der Waals surface area contributed by atoms with Gasteiger partial charge in [0.25, 0.3) is 0 Å². The van der Waals surface area contributed by atoms with Crippen LogP contribution in [0.15, 0.2) is 12.1 Å². The van der Waals surface area contributed by atoms with Crippen LogP contribution in [0.4, 0.5) is 13.2 Å². The minimum absolute atomic E-state index is 0.198. The molecule has 0 radical (unpaired) electrons. The Hall–Kier alpha value is -1.03. The van der Waals surface area contributed by atoms with E-state index in [1.54, 1.807) is 0 Å². The molecule has 0 aliphatic rings. The van der Waals surface area contributed by atoms with Crippen LogP contribution in [0.2, 0.25) is 0 Å². The number of rotatable bonds is 7. The van der Waals surface area contributed by atoms with Crippen molar-refractivity contribution in [1.82, 2.24) is 0 Å². The molecule has 2 atom stereocenters. The van der Waals surface area contributed by atoms with Gasteiger partial charge < -0.3 is 5.73 Å². The van der Waals surface area contributed by atoms with Crippen molar-refractivity contribution in [3.63, 3.8) is 0 Å². The quantitative estimate of drug-likeness (QED) is 0.765. The summed E-state index contributed by atoms with van der Waals surface area (Å²) in [5.41, 5.74) is 5.69. The van der Waals surface area contributed by atoms with E-state index in [-0.39, 0.29) is 5.56 Å². The van der Waals surface area contributed by atoms with Gasteiger partial charge in [-0.2, -0.15) is 0 Å². The van der Waals surface area contributed by atoms with Crippen LogP contribution in [0.25, 0.3) is 0 Å². The second kappa shape index (κ2) is 7.53. The molecule has 2 N–H and O–H groups in total. The maximum atomic E-state index is 13.6. The number of halogens is 3. The van der Waals surface area contributed by atoms with E-state index in [1.165, 1.54) is 0 Å². The Labute approximate surface area is 113 Å². The molecule has 4 heteroatoms. The van der Waals surface area contributed by atoms with Crippen LogP contribution < -0.4 is 5.73 Å². The first-order valence-electron chi connectivity index (χ1n) is 6.89. The van der Waals surface area contributed by atoms with E-state index in [2.05, 4.69) is 6.92 Å². The van der Waals surface area contributed by atoms with Crippen LogP contribution in [0, 0.1) is 23.4 Å². The zero-order chi connectivity index (χ0) is 14.4. The van der Waals surface area contributed by atoms with Crippen molar-refractivity contribution in [1.29, 1.82) is 0 Å². The topological polar surface area (TPSA) is 26.0 Å². The Bertz CT molecular complexity index is 383. The maximum absolute atomic E-state index is 13.6. The highest BCUT2D eigenvalue weighted by Gasteiger charge is 2.21. The van der Waals surface area contributed by atoms with Crippen molar-refractivity contribution < 1.29 is 13.2 Å². The Morgan fingerprint density at radius 1 is 1.11 bits per heavy atom. The van der Waals surface area contributed by atoms with Gasteiger partial charge in [0, 0.05) is 23.7 Å². The molecule has 1 aromatic carbocycles. The first-order chi connectivity index (χ1) is 8.99. The molecule has 2 unspecified atom stereocenters. The molecule has 1 rings (SSSR count). The van der Waals surface area contributed by atoms with E-state index in [4.69, 9.17) is 5.73 Å². The van der Waals surface area contributed by atoms with Gasteiger partial charge in [-0.1, -0.05) is 39.5 Å². The van der Waals surface area contributed by atoms with Crippen molar-refractivity contribution in [2.75, 3.05) is 0 Å². The third kappa shape index (κ3) is 4.53. The molecular formula is C15H22F3N. The number of benzene rings is 1. The molecule has 0 fully saturated rings. The van der Waals surface area contributed by atoms with Gasteiger partial charge in [-0.15, -0.1) is 0 Å². The van der Waals surface area contributed by atoms with Crippen molar-refractivity contribution >= 4 is 0 Å². The van der Waals surface area contributed by atoms with Gasteiger partial charge in [-0.3, -0.25) is 0 Å².